The van der Waals surface area contributed by atoms with Crippen molar-refractivity contribution in [3.63, 3.8) is 0 Å². The fourth-order valence-electron chi connectivity index (χ4n) is 1.53. The smallest absolute Gasteiger partial charge is 0.238 e. The second-order valence-corrected chi connectivity index (χ2v) is 6.83. The van der Waals surface area contributed by atoms with Crippen LogP contribution in [0.1, 0.15) is 18.5 Å². The molecule has 0 aliphatic heterocycles. The highest BCUT2D eigenvalue weighted by molar-refractivity contribution is 8.15. The van der Waals surface area contributed by atoms with Gasteiger partial charge in [0, 0.05) is 23.2 Å². The third-order valence-corrected chi connectivity index (χ3v) is 5.30. The molecule has 1 aliphatic carbocycles. The third-order valence-electron chi connectivity index (χ3n) is 2.73. The average molecular weight is 263 g/mol. The molecule has 0 N–H and O–H groups in total. The summed E-state index contributed by atoms with van der Waals surface area (Å²) >= 11 is 0. The van der Waals surface area contributed by atoms with E-state index in [4.69, 9.17) is 15.4 Å². The van der Waals surface area contributed by atoms with Gasteiger partial charge in [0.15, 0.2) is 0 Å². The van der Waals surface area contributed by atoms with Crippen molar-refractivity contribution in [3.05, 3.63) is 17.8 Å². The molecule has 1 aliphatic rings. The SMILES string of the molecule is COc1ccc(CC2(S(=O)(=O)Cl)CC2)nn1. The van der Waals surface area contributed by atoms with Crippen LogP contribution in [0.3, 0.4) is 0 Å². The lowest BCUT2D eigenvalue weighted by molar-refractivity contribution is 0.391. The number of rotatable bonds is 4. The van der Waals surface area contributed by atoms with E-state index in [1.165, 1.54) is 7.11 Å². The molecule has 0 radical (unpaired) electrons. The number of hydrogen-bond donors (Lipinski definition) is 0. The second kappa shape index (κ2) is 3.85. The van der Waals surface area contributed by atoms with Crippen LogP contribution >= 0.6 is 10.7 Å². The quantitative estimate of drug-likeness (QED) is 0.761. The van der Waals surface area contributed by atoms with Crippen molar-refractivity contribution < 1.29 is 13.2 Å². The molecule has 0 atom stereocenters. The molecule has 0 unspecified atom stereocenters. The molecule has 1 aromatic heterocycles. The molecule has 0 aromatic carbocycles. The van der Waals surface area contributed by atoms with E-state index >= 15 is 0 Å². The van der Waals surface area contributed by atoms with E-state index in [9.17, 15) is 8.42 Å². The van der Waals surface area contributed by atoms with Crippen LogP contribution < -0.4 is 4.74 Å². The van der Waals surface area contributed by atoms with Crippen molar-refractivity contribution in [2.75, 3.05) is 7.11 Å². The summed E-state index contributed by atoms with van der Waals surface area (Å²) in [5.41, 5.74) is 0.613. The van der Waals surface area contributed by atoms with Gasteiger partial charge in [-0.2, -0.15) is 5.10 Å². The molecular weight excluding hydrogens is 252 g/mol. The molecule has 7 heteroatoms. The Morgan fingerprint density at radius 2 is 2.12 bits per heavy atom. The van der Waals surface area contributed by atoms with Gasteiger partial charge in [-0.05, 0) is 18.9 Å². The second-order valence-electron chi connectivity index (χ2n) is 3.86. The van der Waals surface area contributed by atoms with Gasteiger partial charge < -0.3 is 4.74 Å². The van der Waals surface area contributed by atoms with Crippen molar-refractivity contribution in [2.24, 2.45) is 0 Å². The molecule has 88 valence electrons. The van der Waals surface area contributed by atoms with Gasteiger partial charge >= 0.3 is 0 Å². The molecular formula is C9H11ClN2O3S. The Morgan fingerprint density at radius 3 is 2.50 bits per heavy atom. The maximum atomic E-state index is 11.3. The highest BCUT2D eigenvalue weighted by atomic mass is 35.7. The van der Waals surface area contributed by atoms with Gasteiger partial charge in [0.1, 0.15) is 0 Å². The molecule has 0 saturated heterocycles. The van der Waals surface area contributed by atoms with Crippen LogP contribution in [0.5, 0.6) is 5.88 Å². The van der Waals surface area contributed by atoms with Gasteiger partial charge in [-0.25, -0.2) is 8.42 Å². The first-order valence-electron chi connectivity index (χ1n) is 4.78. The van der Waals surface area contributed by atoms with Crippen LogP contribution in [0.4, 0.5) is 0 Å². The summed E-state index contributed by atoms with van der Waals surface area (Å²) in [7, 11) is 3.36. The van der Waals surface area contributed by atoms with E-state index in [0.29, 0.717) is 30.8 Å². The lowest BCUT2D eigenvalue weighted by Crippen LogP contribution is -2.21. The molecule has 0 bridgehead atoms. The van der Waals surface area contributed by atoms with Crippen molar-refractivity contribution in [1.82, 2.24) is 10.2 Å². The van der Waals surface area contributed by atoms with Crippen molar-refractivity contribution in [3.8, 4) is 5.88 Å². The van der Waals surface area contributed by atoms with E-state index in [1.54, 1.807) is 12.1 Å². The van der Waals surface area contributed by atoms with Crippen molar-refractivity contribution in [2.45, 2.75) is 24.0 Å². The first-order valence-corrected chi connectivity index (χ1v) is 7.09. The van der Waals surface area contributed by atoms with Gasteiger partial charge in [-0.15, -0.1) is 5.10 Å². The Bertz CT molecular complexity index is 482. The van der Waals surface area contributed by atoms with Crippen LogP contribution in [0.25, 0.3) is 0 Å². The predicted octanol–water partition coefficient (Wildman–Crippen LogP) is 1.13. The van der Waals surface area contributed by atoms with E-state index in [-0.39, 0.29) is 0 Å². The first kappa shape index (κ1) is 11.6. The van der Waals surface area contributed by atoms with Gasteiger partial charge in [-0.1, -0.05) is 0 Å². The number of halogens is 1. The highest BCUT2D eigenvalue weighted by Gasteiger charge is 2.54. The van der Waals surface area contributed by atoms with E-state index in [0.717, 1.165) is 0 Å². The van der Waals surface area contributed by atoms with Gasteiger partial charge in [0.25, 0.3) is 0 Å². The summed E-state index contributed by atoms with van der Waals surface area (Å²) in [6.45, 7) is 0. The number of hydrogen-bond acceptors (Lipinski definition) is 5. The molecule has 0 amide bonds. The van der Waals surface area contributed by atoms with E-state index < -0.39 is 13.8 Å². The maximum Gasteiger partial charge on any atom is 0.238 e. The molecule has 1 heterocycles. The zero-order chi connectivity index (χ0) is 11.8. The standard InChI is InChI=1S/C9H11ClN2O3S/c1-15-8-3-2-7(11-12-8)6-9(4-5-9)16(10,13)14/h2-3H,4-6H2,1H3. The summed E-state index contributed by atoms with van der Waals surface area (Å²) in [6, 6.07) is 3.35. The molecule has 1 aromatic rings. The summed E-state index contributed by atoms with van der Waals surface area (Å²) in [5.74, 6) is 0.405. The number of aromatic nitrogens is 2. The molecule has 5 nitrogen and oxygen atoms in total. The average Bonchev–Trinajstić information content (AvgIpc) is 2.99. The van der Waals surface area contributed by atoms with Crippen LogP contribution in [0.2, 0.25) is 0 Å². The minimum Gasteiger partial charge on any atom is -0.480 e. The van der Waals surface area contributed by atoms with Gasteiger partial charge in [0.05, 0.1) is 17.6 Å². The molecule has 0 spiro atoms. The monoisotopic (exact) mass is 262 g/mol. The van der Waals surface area contributed by atoms with Crippen LogP contribution in [0, 0.1) is 0 Å². The molecule has 2 rings (SSSR count). The zero-order valence-corrected chi connectivity index (χ0v) is 10.3. The largest absolute Gasteiger partial charge is 0.480 e. The van der Waals surface area contributed by atoms with Crippen molar-refractivity contribution >= 4 is 19.7 Å². The summed E-state index contributed by atoms with van der Waals surface area (Å²) in [6.07, 6.45) is 1.49. The Morgan fingerprint density at radius 1 is 1.44 bits per heavy atom. The fourth-order valence-corrected chi connectivity index (χ4v) is 3.06. The molecule has 16 heavy (non-hydrogen) atoms. The predicted molar refractivity (Wildman–Crippen MR) is 59.0 cm³/mol. The Hall–Kier alpha value is -0.880. The molecule has 1 fully saturated rings. The normalized spacial score (nSPS) is 18.1. The van der Waals surface area contributed by atoms with Gasteiger partial charge in [-0.3, -0.25) is 0 Å². The fraction of sp³-hybridized carbons (Fsp3) is 0.556. The Labute approximate surface area is 98.2 Å². The highest BCUT2D eigenvalue weighted by Crippen LogP contribution is 2.47. The Balaban J connectivity index is 2.16. The maximum absolute atomic E-state index is 11.3. The zero-order valence-electron chi connectivity index (χ0n) is 8.68. The Kier molecular flexibility index (Phi) is 2.79. The summed E-state index contributed by atoms with van der Waals surface area (Å²) < 4.78 is 26.7. The van der Waals surface area contributed by atoms with Gasteiger partial charge in [0.2, 0.25) is 14.9 Å². The van der Waals surface area contributed by atoms with Crippen LogP contribution in [-0.2, 0) is 15.5 Å². The minimum absolute atomic E-state index is 0.315. The number of ether oxygens (including phenoxy) is 1. The number of nitrogens with zero attached hydrogens (tertiary/aromatic N) is 2. The van der Waals surface area contributed by atoms with Crippen molar-refractivity contribution in [1.29, 1.82) is 0 Å². The van der Waals surface area contributed by atoms with E-state index in [1.807, 2.05) is 0 Å². The lowest BCUT2D eigenvalue weighted by Gasteiger charge is -2.09. The third kappa shape index (κ3) is 2.12. The van der Waals surface area contributed by atoms with Crippen LogP contribution in [-0.4, -0.2) is 30.5 Å². The van der Waals surface area contributed by atoms with E-state index in [2.05, 4.69) is 10.2 Å². The topological polar surface area (TPSA) is 69.2 Å². The lowest BCUT2D eigenvalue weighted by atomic mass is 10.2. The minimum atomic E-state index is -3.53. The summed E-state index contributed by atoms with van der Waals surface area (Å²) in [4.78, 5) is 0. The molecule has 1 saturated carbocycles. The summed E-state index contributed by atoms with van der Waals surface area (Å²) in [5, 5.41) is 7.67. The first-order chi connectivity index (χ1) is 7.47. The van der Waals surface area contributed by atoms with Crippen LogP contribution in [0.15, 0.2) is 12.1 Å². The number of methoxy groups -OCH3 is 1.